The summed E-state index contributed by atoms with van der Waals surface area (Å²) >= 11 is 0. The van der Waals surface area contributed by atoms with E-state index in [1.165, 1.54) is 0 Å². The summed E-state index contributed by atoms with van der Waals surface area (Å²) in [5.74, 6) is 1.22. The molecule has 2 atom stereocenters. The van der Waals surface area contributed by atoms with Crippen molar-refractivity contribution in [3.05, 3.63) is 78.4 Å². The first-order valence-electron chi connectivity index (χ1n) is 11.5. The number of carboxylic acids is 1. The van der Waals surface area contributed by atoms with Gasteiger partial charge in [0.25, 0.3) is 0 Å². The highest BCUT2D eigenvalue weighted by atomic mass is 16.5. The van der Waals surface area contributed by atoms with Gasteiger partial charge in [0.2, 0.25) is 0 Å². The van der Waals surface area contributed by atoms with E-state index < -0.39 is 5.97 Å². The lowest BCUT2D eigenvalue weighted by molar-refractivity contribution is 0.0697. The van der Waals surface area contributed by atoms with Crippen molar-refractivity contribution in [2.45, 2.75) is 46.6 Å². The third kappa shape index (κ3) is 6.51. The Labute approximate surface area is 196 Å². The van der Waals surface area contributed by atoms with Crippen molar-refractivity contribution >= 4 is 23.0 Å². The minimum absolute atomic E-state index is 0.151. The monoisotopic (exact) mass is 447 g/mol. The third-order valence-electron chi connectivity index (χ3n) is 5.71. The summed E-state index contributed by atoms with van der Waals surface area (Å²) in [4.78, 5) is 13.4. The molecule has 174 valence electrons. The van der Waals surface area contributed by atoms with Crippen LogP contribution in [0.15, 0.2) is 72.8 Å². The van der Waals surface area contributed by atoms with Crippen LogP contribution in [0.25, 0.3) is 0 Å². The predicted octanol–water partition coefficient (Wildman–Crippen LogP) is 7.46. The van der Waals surface area contributed by atoms with Crippen LogP contribution in [-0.4, -0.2) is 23.8 Å². The zero-order chi connectivity index (χ0) is 23.8. The molecule has 0 aliphatic rings. The van der Waals surface area contributed by atoms with Gasteiger partial charge in [0.15, 0.2) is 0 Å². The van der Waals surface area contributed by atoms with E-state index in [4.69, 9.17) is 9.47 Å². The first-order chi connectivity index (χ1) is 15.9. The normalized spacial score (nSPS) is 12.6. The van der Waals surface area contributed by atoms with Gasteiger partial charge in [0.1, 0.15) is 11.5 Å². The van der Waals surface area contributed by atoms with Gasteiger partial charge in [-0.25, -0.2) is 4.79 Å². The van der Waals surface area contributed by atoms with E-state index in [1.807, 2.05) is 60.7 Å². The average molecular weight is 448 g/mol. The van der Waals surface area contributed by atoms with Gasteiger partial charge in [-0.2, -0.15) is 0 Å². The van der Waals surface area contributed by atoms with Crippen LogP contribution in [0.2, 0.25) is 0 Å². The SMILES string of the molecule is CCC(C)COc1ccc(N(c2ccc(OC(C)CC)cc2)c2ccc(C(=O)O)cc2)cc1. The van der Waals surface area contributed by atoms with E-state index >= 15 is 0 Å². The zero-order valence-electron chi connectivity index (χ0n) is 19.8. The number of benzene rings is 3. The number of hydrogen-bond donors (Lipinski definition) is 1. The number of hydrogen-bond acceptors (Lipinski definition) is 4. The number of nitrogens with zero attached hydrogens (tertiary/aromatic N) is 1. The summed E-state index contributed by atoms with van der Waals surface area (Å²) < 4.78 is 11.8. The lowest BCUT2D eigenvalue weighted by Gasteiger charge is -2.26. The Morgan fingerprint density at radius 3 is 1.73 bits per heavy atom. The van der Waals surface area contributed by atoms with Gasteiger partial charge in [-0.1, -0.05) is 27.2 Å². The van der Waals surface area contributed by atoms with Crippen LogP contribution >= 0.6 is 0 Å². The fraction of sp³-hybridized carbons (Fsp3) is 0.321. The van der Waals surface area contributed by atoms with Crippen molar-refractivity contribution in [3.8, 4) is 11.5 Å². The number of ether oxygens (including phenoxy) is 2. The van der Waals surface area contributed by atoms with E-state index in [-0.39, 0.29) is 11.7 Å². The Morgan fingerprint density at radius 2 is 1.27 bits per heavy atom. The van der Waals surface area contributed by atoms with Crippen LogP contribution in [0.4, 0.5) is 17.1 Å². The van der Waals surface area contributed by atoms with Crippen molar-refractivity contribution < 1.29 is 19.4 Å². The van der Waals surface area contributed by atoms with Crippen molar-refractivity contribution in [1.29, 1.82) is 0 Å². The van der Waals surface area contributed by atoms with E-state index in [9.17, 15) is 9.90 Å². The highest BCUT2D eigenvalue weighted by Crippen LogP contribution is 2.36. The first kappa shape index (κ1) is 24.2. The minimum atomic E-state index is -0.942. The fourth-order valence-electron chi connectivity index (χ4n) is 3.24. The third-order valence-corrected chi connectivity index (χ3v) is 5.71. The number of anilines is 3. The molecule has 1 N–H and O–H groups in total. The molecule has 0 radical (unpaired) electrons. The second-order valence-corrected chi connectivity index (χ2v) is 8.34. The van der Waals surface area contributed by atoms with Gasteiger partial charge in [0.05, 0.1) is 18.3 Å². The molecule has 0 fully saturated rings. The Kier molecular flexibility index (Phi) is 8.36. The van der Waals surface area contributed by atoms with Crippen molar-refractivity contribution in [3.63, 3.8) is 0 Å². The molecule has 33 heavy (non-hydrogen) atoms. The van der Waals surface area contributed by atoms with Gasteiger partial charge in [-0.05, 0) is 92.1 Å². The van der Waals surface area contributed by atoms with E-state index in [0.29, 0.717) is 12.5 Å². The largest absolute Gasteiger partial charge is 0.493 e. The van der Waals surface area contributed by atoms with Gasteiger partial charge in [0, 0.05) is 17.1 Å². The molecule has 0 amide bonds. The van der Waals surface area contributed by atoms with Gasteiger partial charge in [-0.3, -0.25) is 0 Å². The molecule has 0 aliphatic heterocycles. The molecule has 0 saturated carbocycles. The molecule has 2 unspecified atom stereocenters. The molecule has 0 heterocycles. The van der Waals surface area contributed by atoms with Crippen molar-refractivity contribution in [2.24, 2.45) is 5.92 Å². The Morgan fingerprint density at radius 1 is 0.788 bits per heavy atom. The quantitative estimate of drug-likeness (QED) is 0.331. The van der Waals surface area contributed by atoms with Crippen molar-refractivity contribution in [1.82, 2.24) is 0 Å². The maximum absolute atomic E-state index is 11.3. The number of carbonyl (C=O) groups is 1. The summed E-state index contributed by atoms with van der Waals surface area (Å²) in [6.07, 6.45) is 2.17. The molecule has 0 bridgehead atoms. The smallest absolute Gasteiger partial charge is 0.335 e. The predicted molar refractivity (Wildman–Crippen MR) is 133 cm³/mol. The summed E-state index contributed by atoms with van der Waals surface area (Å²) in [5, 5.41) is 9.27. The van der Waals surface area contributed by atoms with E-state index in [2.05, 4.69) is 32.6 Å². The lowest BCUT2D eigenvalue weighted by atomic mass is 10.1. The molecule has 3 aromatic carbocycles. The summed E-state index contributed by atoms with van der Waals surface area (Å²) in [6.45, 7) is 9.16. The molecule has 0 spiro atoms. The first-order valence-corrected chi connectivity index (χ1v) is 11.5. The summed E-state index contributed by atoms with van der Waals surface area (Å²) in [7, 11) is 0. The number of aromatic carboxylic acids is 1. The molecule has 5 heteroatoms. The van der Waals surface area contributed by atoms with Crippen LogP contribution in [-0.2, 0) is 0 Å². The van der Waals surface area contributed by atoms with Crippen LogP contribution in [0.5, 0.6) is 11.5 Å². The molecule has 0 saturated heterocycles. The van der Waals surface area contributed by atoms with E-state index in [1.54, 1.807) is 12.1 Å². The maximum atomic E-state index is 11.3. The minimum Gasteiger partial charge on any atom is -0.493 e. The molecular weight excluding hydrogens is 414 g/mol. The molecular formula is C28H33NO4. The second kappa shape index (κ2) is 11.4. The summed E-state index contributed by atoms with van der Waals surface area (Å²) in [5.41, 5.74) is 3.01. The van der Waals surface area contributed by atoms with Crippen LogP contribution in [0, 0.1) is 5.92 Å². The summed E-state index contributed by atoms with van der Waals surface area (Å²) in [6, 6.07) is 22.8. The molecule has 0 aromatic heterocycles. The highest BCUT2D eigenvalue weighted by Gasteiger charge is 2.14. The Bertz CT molecular complexity index is 1010. The Hall–Kier alpha value is -3.47. The Balaban J connectivity index is 1.91. The highest BCUT2D eigenvalue weighted by molar-refractivity contribution is 5.88. The van der Waals surface area contributed by atoms with Crippen LogP contribution in [0.3, 0.4) is 0 Å². The van der Waals surface area contributed by atoms with Gasteiger partial charge in [-0.15, -0.1) is 0 Å². The number of rotatable bonds is 11. The molecule has 0 aliphatic carbocycles. The van der Waals surface area contributed by atoms with Crippen LogP contribution < -0.4 is 14.4 Å². The van der Waals surface area contributed by atoms with E-state index in [0.717, 1.165) is 41.4 Å². The number of carboxylic acid groups (broad SMARTS) is 1. The molecule has 3 rings (SSSR count). The lowest BCUT2D eigenvalue weighted by Crippen LogP contribution is -2.12. The standard InChI is InChI=1S/C28H33NO4/c1-5-20(3)19-32-26-15-11-24(12-16-26)29(23-9-7-22(8-10-23)28(30)31)25-13-17-27(18-14-25)33-21(4)6-2/h7-18,20-21H,5-6,19H2,1-4H3,(H,30,31). The zero-order valence-corrected chi connectivity index (χ0v) is 19.8. The fourth-order valence-corrected chi connectivity index (χ4v) is 3.24. The second-order valence-electron chi connectivity index (χ2n) is 8.34. The van der Waals surface area contributed by atoms with Gasteiger partial charge >= 0.3 is 5.97 Å². The van der Waals surface area contributed by atoms with Crippen molar-refractivity contribution in [2.75, 3.05) is 11.5 Å². The van der Waals surface area contributed by atoms with Gasteiger partial charge < -0.3 is 19.5 Å². The molecule has 5 nitrogen and oxygen atoms in total. The average Bonchev–Trinajstić information content (AvgIpc) is 2.84. The van der Waals surface area contributed by atoms with Crippen LogP contribution in [0.1, 0.15) is 50.9 Å². The maximum Gasteiger partial charge on any atom is 0.335 e. The topological polar surface area (TPSA) is 59.0 Å². The molecule has 3 aromatic rings.